The van der Waals surface area contributed by atoms with Gasteiger partial charge in [0.15, 0.2) is 17.3 Å². The van der Waals surface area contributed by atoms with Crippen LogP contribution in [0.2, 0.25) is 0 Å². The van der Waals surface area contributed by atoms with Crippen molar-refractivity contribution in [3.8, 4) is 11.5 Å². The molecule has 4 rings (SSSR count). The Hall–Kier alpha value is -2.68. The maximum absolute atomic E-state index is 14.5. The minimum Gasteiger partial charge on any atom is -0.465 e. The lowest BCUT2D eigenvalue weighted by molar-refractivity contribution is -0.120. The van der Waals surface area contributed by atoms with Crippen molar-refractivity contribution < 1.29 is 28.2 Å². The normalized spacial score (nSPS) is 20.7. The summed E-state index contributed by atoms with van der Waals surface area (Å²) in [7, 11) is 0. The van der Waals surface area contributed by atoms with Gasteiger partial charge in [0.25, 0.3) is 0 Å². The van der Waals surface area contributed by atoms with Gasteiger partial charge in [-0.05, 0) is 34.5 Å². The number of carbonyl (C=O) groups is 2. The number of carboxylic acid groups (broad SMARTS) is 1. The number of fused-ring (bicyclic) bond motifs is 5. The average molecular weight is 439 g/mol. The van der Waals surface area contributed by atoms with E-state index in [0.29, 0.717) is 5.56 Å². The Kier molecular flexibility index (Phi) is 4.26. The number of hydrogen-bond acceptors (Lipinski definition) is 3. The highest BCUT2D eigenvalue weighted by Crippen LogP contribution is 2.49. The van der Waals surface area contributed by atoms with Crippen molar-refractivity contribution in [2.75, 3.05) is 4.90 Å². The Morgan fingerprint density at radius 1 is 1.30 bits per heavy atom. The number of hydrogen-bond donors (Lipinski definition) is 2. The second-order valence-corrected chi connectivity index (χ2v) is 7.15. The molecule has 6 nitrogen and oxygen atoms in total. The van der Waals surface area contributed by atoms with E-state index in [2.05, 4.69) is 21.2 Å². The number of piperidine rings is 1. The SMILES string of the molecule is O=C(O)NC1CCC(=O)N2c3cc(Br)c(F)cc3Oc3c(F)cccc3C12. The summed E-state index contributed by atoms with van der Waals surface area (Å²) in [5.41, 5.74) is 0.556. The quantitative estimate of drug-likeness (QED) is 0.693. The van der Waals surface area contributed by atoms with Crippen LogP contribution < -0.4 is 15.0 Å². The van der Waals surface area contributed by atoms with Gasteiger partial charge in [0, 0.05) is 18.1 Å². The number of benzene rings is 2. The first-order valence-corrected chi connectivity index (χ1v) is 8.93. The van der Waals surface area contributed by atoms with E-state index in [9.17, 15) is 23.5 Å². The molecule has 0 saturated carbocycles. The van der Waals surface area contributed by atoms with Crippen LogP contribution in [0, 0.1) is 11.6 Å². The molecule has 2 aliphatic heterocycles. The van der Waals surface area contributed by atoms with Crippen LogP contribution in [-0.4, -0.2) is 23.1 Å². The minimum absolute atomic E-state index is 0.0196. The third-order valence-electron chi connectivity index (χ3n) is 4.70. The van der Waals surface area contributed by atoms with Gasteiger partial charge in [-0.15, -0.1) is 0 Å². The maximum Gasteiger partial charge on any atom is 0.404 e. The first-order chi connectivity index (χ1) is 12.9. The Labute approximate surface area is 160 Å². The fourth-order valence-corrected chi connectivity index (χ4v) is 3.94. The predicted molar refractivity (Wildman–Crippen MR) is 95.0 cm³/mol. The van der Waals surface area contributed by atoms with Gasteiger partial charge in [0.2, 0.25) is 5.91 Å². The van der Waals surface area contributed by atoms with Crippen LogP contribution in [0.4, 0.5) is 19.3 Å². The highest BCUT2D eigenvalue weighted by molar-refractivity contribution is 9.10. The van der Waals surface area contributed by atoms with Crippen LogP contribution in [0.15, 0.2) is 34.8 Å². The molecule has 2 heterocycles. The smallest absolute Gasteiger partial charge is 0.404 e. The number of carbonyl (C=O) groups excluding carboxylic acids is 1. The van der Waals surface area contributed by atoms with Crippen LogP contribution in [0.25, 0.3) is 0 Å². The zero-order valence-corrected chi connectivity index (χ0v) is 15.3. The van der Waals surface area contributed by atoms with Gasteiger partial charge in [0.05, 0.1) is 22.2 Å². The van der Waals surface area contributed by atoms with E-state index < -0.39 is 29.8 Å². The van der Waals surface area contributed by atoms with Crippen LogP contribution in [0.5, 0.6) is 11.5 Å². The molecule has 140 valence electrons. The molecule has 0 bridgehead atoms. The highest BCUT2D eigenvalue weighted by atomic mass is 79.9. The van der Waals surface area contributed by atoms with E-state index in [1.807, 2.05) is 0 Å². The Balaban J connectivity index is 1.99. The average Bonchev–Trinajstić information content (AvgIpc) is 2.74. The molecular formula is C18H13BrF2N2O4. The molecule has 2 aliphatic rings. The van der Waals surface area contributed by atoms with Gasteiger partial charge in [0.1, 0.15) is 5.82 Å². The van der Waals surface area contributed by atoms with Gasteiger partial charge in [-0.1, -0.05) is 12.1 Å². The molecule has 0 aliphatic carbocycles. The van der Waals surface area contributed by atoms with Crippen molar-refractivity contribution in [2.24, 2.45) is 0 Å². The number of halogens is 3. The van der Waals surface area contributed by atoms with Crippen molar-refractivity contribution in [3.63, 3.8) is 0 Å². The summed E-state index contributed by atoms with van der Waals surface area (Å²) in [6.45, 7) is 0. The van der Waals surface area contributed by atoms with Gasteiger partial charge in [-0.2, -0.15) is 0 Å². The lowest BCUT2D eigenvalue weighted by Crippen LogP contribution is -2.52. The third kappa shape index (κ3) is 2.91. The zero-order valence-electron chi connectivity index (χ0n) is 13.7. The summed E-state index contributed by atoms with van der Waals surface area (Å²) in [5, 5.41) is 11.6. The molecule has 1 saturated heterocycles. The van der Waals surface area contributed by atoms with Crippen LogP contribution in [0.1, 0.15) is 24.4 Å². The number of amides is 2. The third-order valence-corrected chi connectivity index (χ3v) is 5.30. The molecule has 2 unspecified atom stereocenters. The standard InChI is InChI=1S/C18H13BrF2N2O4/c19-9-6-13-14(7-11(9)21)27-17-8(2-1-3-10(17)20)16-12(22-18(25)26)4-5-15(24)23(13)16/h1-3,6-7,12,16,22H,4-5H2,(H,25,26). The van der Waals surface area contributed by atoms with Crippen LogP contribution in [0.3, 0.4) is 0 Å². The van der Waals surface area contributed by atoms with E-state index >= 15 is 0 Å². The van der Waals surface area contributed by atoms with Gasteiger partial charge in [-0.25, -0.2) is 13.6 Å². The number of rotatable bonds is 1. The first kappa shape index (κ1) is 17.7. The maximum atomic E-state index is 14.5. The Morgan fingerprint density at radius 3 is 2.81 bits per heavy atom. The number of nitrogens with zero attached hydrogens (tertiary/aromatic N) is 1. The van der Waals surface area contributed by atoms with E-state index in [0.717, 1.165) is 6.07 Å². The molecule has 2 aromatic rings. The summed E-state index contributed by atoms with van der Waals surface area (Å²) in [5.74, 6) is -1.77. The fraction of sp³-hybridized carbons (Fsp3) is 0.222. The molecule has 2 atom stereocenters. The molecule has 9 heteroatoms. The summed E-state index contributed by atoms with van der Waals surface area (Å²) in [4.78, 5) is 25.4. The summed E-state index contributed by atoms with van der Waals surface area (Å²) in [6, 6.07) is 5.16. The molecule has 27 heavy (non-hydrogen) atoms. The monoisotopic (exact) mass is 438 g/mol. The van der Waals surface area contributed by atoms with E-state index in [1.54, 1.807) is 6.07 Å². The molecule has 0 radical (unpaired) electrons. The minimum atomic E-state index is -1.25. The van der Waals surface area contributed by atoms with Gasteiger partial charge < -0.3 is 15.2 Å². The van der Waals surface area contributed by atoms with Crippen molar-refractivity contribution >= 4 is 33.6 Å². The number of anilines is 1. The van der Waals surface area contributed by atoms with Crippen molar-refractivity contribution in [1.82, 2.24) is 5.32 Å². The Bertz CT molecular complexity index is 969. The van der Waals surface area contributed by atoms with Crippen LogP contribution >= 0.6 is 15.9 Å². The largest absolute Gasteiger partial charge is 0.465 e. The van der Waals surface area contributed by atoms with Crippen LogP contribution in [-0.2, 0) is 4.79 Å². The lowest BCUT2D eigenvalue weighted by Gasteiger charge is -2.40. The second kappa shape index (κ2) is 6.49. The van der Waals surface area contributed by atoms with Gasteiger partial charge >= 0.3 is 6.09 Å². The van der Waals surface area contributed by atoms with Crippen molar-refractivity contribution in [2.45, 2.75) is 24.9 Å². The topological polar surface area (TPSA) is 78.9 Å². The molecule has 0 aromatic heterocycles. The molecule has 0 spiro atoms. The predicted octanol–water partition coefficient (Wildman–Crippen LogP) is 4.34. The zero-order chi connectivity index (χ0) is 19.3. The number of nitrogens with one attached hydrogen (secondary N) is 1. The molecule has 2 aromatic carbocycles. The number of para-hydroxylation sites is 1. The highest BCUT2D eigenvalue weighted by Gasteiger charge is 2.43. The fourth-order valence-electron chi connectivity index (χ4n) is 3.61. The summed E-state index contributed by atoms with van der Waals surface area (Å²) >= 11 is 3.09. The molecule has 2 N–H and O–H groups in total. The van der Waals surface area contributed by atoms with E-state index in [4.69, 9.17) is 4.74 Å². The second-order valence-electron chi connectivity index (χ2n) is 6.30. The molecule has 2 amide bonds. The van der Waals surface area contributed by atoms with E-state index in [1.165, 1.54) is 23.1 Å². The lowest BCUT2D eigenvalue weighted by atomic mass is 9.89. The summed E-state index contributed by atoms with van der Waals surface area (Å²) < 4.78 is 34.3. The van der Waals surface area contributed by atoms with Crippen molar-refractivity contribution in [1.29, 1.82) is 0 Å². The Morgan fingerprint density at radius 2 is 2.07 bits per heavy atom. The number of ether oxygens (including phenoxy) is 1. The molecular weight excluding hydrogens is 426 g/mol. The first-order valence-electron chi connectivity index (χ1n) is 8.13. The molecule has 1 fully saturated rings. The van der Waals surface area contributed by atoms with Crippen molar-refractivity contribution in [3.05, 3.63) is 52.0 Å². The summed E-state index contributed by atoms with van der Waals surface area (Å²) in [6.07, 6.45) is -0.918. The van der Waals surface area contributed by atoms with E-state index in [-0.39, 0.29) is 40.4 Å². The van der Waals surface area contributed by atoms with Gasteiger partial charge in [-0.3, -0.25) is 9.69 Å².